The maximum atomic E-state index is 11.8. The minimum absolute atomic E-state index is 0.295. The molecule has 24 heavy (non-hydrogen) atoms. The molecule has 7 heteroatoms. The molecule has 0 saturated carbocycles. The zero-order valence-electron chi connectivity index (χ0n) is 14.3. The Balaban J connectivity index is 1.76. The van der Waals surface area contributed by atoms with Gasteiger partial charge < -0.3 is 4.90 Å². The van der Waals surface area contributed by atoms with Crippen LogP contribution in [0.4, 0.5) is 10.7 Å². The Morgan fingerprint density at radius 3 is 2.58 bits per heavy atom. The molecule has 7 nitrogen and oxygen atoms in total. The van der Waals surface area contributed by atoms with Crippen LogP contribution in [0, 0.1) is 11.8 Å². The van der Waals surface area contributed by atoms with E-state index in [-0.39, 0.29) is 0 Å². The number of carbonyl (C=O) groups is 2. The first-order chi connectivity index (χ1) is 11.5. The summed E-state index contributed by atoms with van der Waals surface area (Å²) in [5.41, 5.74) is 0.917. The van der Waals surface area contributed by atoms with Crippen LogP contribution >= 0.6 is 0 Å². The number of carbonyl (C=O) groups excluding carboxylic acids is 2. The van der Waals surface area contributed by atoms with Gasteiger partial charge in [-0.2, -0.15) is 0 Å². The fourth-order valence-electron chi connectivity index (χ4n) is 3.17. The van der Waals surface area contributed by atoms with E-state index in [2.05, 4.69) is 34.0 Å². The van der Waals surface area contributed by atoms with Crippen LogP contribution in [0.2, 0.25) is 0 Å². The highest BCUT2D eigenvalue weighted by molar-refractivity contribution is 6.13. The van der Waals surface area contributed by atoms with E-state index in [1.165, 1.54) is 4.90 Å². The molecule has 0 radical (unpaired) electrons. The molecule has 0 aromatic carbocycles. The Morgan fingerprint density at radius 1 is 1.29 bits per heavy atom. The summed E-state index contributed by atoms with van der Waals surface area (Å²) in [6, 6.07) is 1.32. The van der Waals surface area contributed by atoms with E-state index in [4.69, 9.17) is 0 Å². The third-order valence-corrected chi connectivity index (χ3v) is 4.83. The number of imide groups is 1. The Labute approximate surface area is 141 Å². The van der Waals surface area contributed by atoms with Gasteiger partial charge in [0.15, 0.2) is 0 Å². The first-order valence-electron chi connectivity index (χ1n) is 8.34. The van der Waals surface area contributed by atoms with Gasteiger partial charge in [0.1, 0.15) is 5.70 Å². The monoisotopic (exact) mass is 329 g/mol. The fourth-order valence-corrected chi connectivity index (χ4v) is 3.17. The number of rotatable bonds is 3. The van der Waals surface area contributed by atoms with E-state index in [1.54, 1.807) is 25.4 Å². The van der Waals surface area contributed by atoms with Crippen molar-refractivity contribution in [2.75, 3.05) is 25.0 Å². The highest BCUT2D eigenvalue weighted by Gasteiger charge is 2.30. The molecule has 2 aliphatic rings. The quantitative estimate of drug-likeness (QED) is 0.676. The van der Waals surface area contributed by atoms with Crippen molar-refractivity contribution in [2.24, 2.45) is 11.8 Å². The molecule has 2 fully saturated rings. The number of nitrogens with zero attached hydrogens (tertiary/aromatic N) is 4. The second-order valence-corrected chi connectivity index (χ2v) is 6.70. The molecule has 0 unspecified atom stereocenters. The van der Waals surface area contributed by atoms with Gasteiger partial charge in [-0.15, -0.1) is 0 Å². The first-order valence-corrected chi connectivity index (χ1v) is 8.34. The molecule has 0 atom stereocenters. The average molecular weight is 329 g/mol. The van der Waals surface area contributed by atoms with Gasteiger partial charge in [0.05, 0.1) is 5.69 Å². The van der Waals surface area contributed by atoms with Crippen molar-refractivity contribution < 1.29 is 9.59 Å². The van der Waals surface area contributed by atoms with Crippen molar-refractivity contribution in [3.63, 3.8) is 0 Å². The summed E-state index contributed by atoms with van der Waals surface area (Å²) in [4.78, 5) is 35.7. The third-order valence-electron chi connectivity index (χ3n) is 4.83. The second-order valence-electron chi connectivity index (χ2n) is 6.70. The maximum Gasteiger partial charge on any atom is 0.328 e. The molecule has 0 aliphatic carbocycles. The topological polar surface area (TPSA) is 78.4 Å². The van der Waals surface area contributed by atoms with Crippen molar-refractivity contribution in [3.8, 4) is 0 Å². The molecule has 0 bridgehead atoms. The van der Waals surface area contributed by atoms with Crippen LogP contribution in [0.15, 0.2) is 18.0 Å². The maximum absolute atomic E-state index is 11.8. The van der Waals surface area contributed by atoms with Crippen molar-refractivity contribution in [2.45, 2.75) is 26.7 Å². The number of hydrogen-bond donors (Lipinski definition) is 1. The SMILES string of the molecule is CC(C)C1CCN(c2nccc(/C=C3/C(=O)NC(=O)N3C)n2)CC1. The third kappa shape index (κ3) is 3.25. The summed E-state index contributed by atoms with van der Waals surface area (Å²) in [5, 5.41) is 2.26. The van der Waals surface area contributed by atoms with Gasteiger partial charge in [-0.25, -0.2) is 14.8 Å². The number of urea groups is 1. The van der Waals surface area contributed by atoms with Gasteiger partial charge in [-0.1, -0.05) is 13.8 Å². The lowest BCUT2D eigenvalue weighted by molar-refractivity contribution is -0.115. The Morgan fingerprint density at radius 2 is 2.00 bits per heavy atom. The van der Waals surface area contributed by atoms with Crippen molar-refractivity contribution in [1.29, 1.82) is 0 Å². The molecule has 1 aromatic rings. The minimum atomic E-state index is -0.420. The molecule has 2 saturated heterocycles. The number of hydrogen-bond acceptors (Lipinski definition) is 5. The summed E-state index contributed by atoms with van der Waals surface area (Å²) in [6.07, 6.45) is 5.60. The van der Waals surface area contributed by atoms with Crippen molar-refractivity contribution in [1.82, 2.24) is 20.2 Å². The Bertz CT molecular complexity index is 677. The van der Waals surface area contributed by atoms with Crippen LogP contribution in [0.1, 0.15) is 32.4 Å². The first kappa shape index (κ1) is 16.4. The van der Waals surface area contributed by atoms with Crippen LogP contribution in [-0.4, -0.2) is 46.9 Å². The number of nitrogens with one attached hydrogen (secondary N) is 1. The lowest BCUT2D eigenvalue weighted by Gasteiger charge is -2.33. The Hall–Kier alpha value is -2.44. The lowest BCUT2D eigenvalue weighted by Crippen LogP contribution is -2.36. The number of piperidine rings is 1. The molecular formula is C17H23N5O2. The van der Waals surface area contributed by atoms with E-state index in [0.717, 1.165) is 31.8 Å². The summed E-state index contributed by atoms with van der Waals surface area (Å²) in [7, 11) is 1.56. The zero-order chi connectivity index (χ0) is 17.3. The van der Waals surface area contributed by atoms with E-state index in [9.17, 15) is 9.59 Å². The average Bonchev–Trinajstić information content (AvgIpc) is 2.81. The smallest absolute Gasteiger partial charge is 0.328 e. The number of anilines is 1. The summed E-state index contributed by atoms with van der Waals surface area (Å²) in [5.74, 6) is 1.74. The molecule has 2 aliphatic heterocycles. The van der Waals surface area contributed by atoms with E-state index < -0.39 is 11.9 Å². The standard InChI is InChI=1S/C17H23N5O2/c1-11(2)12-5-8-22(9-6-12)16-18-7-4-13(19-16)10-14-15(23)20-17(24)21(14)3/h4,7,10-12H,5-6,8-9H2,1-3H3,(H,20,23,24)/b14-10-. The molecule has 3 amide bonds. The van der Waals surface area contributed by atoms with Gasteiger partial charge in [-0.3, -0.25) is 15.0 Å². The van der Waals surface area contributed by atoms with E-state index in [0.29, 0.717) is 23.3 Å². The highest BCUT2D eigenvalue weighted by atomic mass is 16.2. The van der Waals surface area contributed by atoms with Gasteiger partial charge in [0.25, 0.3) is 5.91 Å². The largest absolute Gasteiger partial charge is 0.341 e. The van der Waals surface area contributed by atoms with Crippen molar-refractivity contribution >= 4 is 24.0 Å². The predicted octanol–water partition coefficient (Wildman–Crippen LogP) is 1.87. The molecular weight excluding hydrogens is 306 g/mol. The fraction of sp³-hybridized carbons (Fsp3) is 0.529. The van der Waals surface area contributed by atoms with Crippen LogP contribution in [0.3, 0.4) is 0 Å². The minimum Gasteiger partial charge on any atom is -0.341 e. The summed E-state index contributed by atoms with van der Waals surface area (Å²) in [6.45, 7) is 6.44. The molecule has 3 rings (SSSR count). The van der Waals surface area contributed by atoms with Crippen LogP contribution < -0.4 is 10.2 Å². The predicted molar refractivity (Wildman–Crippen MR) is 91.1 cm³/mol. The van der Waals surface area contributed by atoms with Gasteiger partial charge in [0.2, 0.25) is 5.95 Å². The van der Waals surface area contributed by atoms with Gasteiger partial charge in [-0.05, 0) is 36.8 Å². The van der Waals surface area contributed by atoms with Gasteiger partial charge in [0, 0.05) is 26.3 Å². The second kappa shape index (κ2) is 6.59. The number of amides is 3. The Kier molecular flexibility index (Phi) is 4.51. The van der Waals surface area contributed by atoms with Crippen LogP contribution in [-0.2, 0) is 4.79 Å². The molecule has 1 N–H and O–H groups in total. The summed E-state index contributed by atoms with van der Waals surface area (Å²) >= 11 is 0. The van der Waals surface area contributed by atoms with E-state index in [1.807, 2.05) is 0 Å². The normalized spacial score (nSPS) is 21.1. The van der Waals surface area contributed by atoms with Crippen molar-refractivity contribution in [3.05, 3.63) is 23.7 Å². The molecule has 0 spiro atoms. The molecule has 3 heterocycles. The highest BCUT2D eigenvalue weighted by Crippen LogP contribution is 2.26. The summed E-state index contributed by atoms with van der Waals surface area (Å²) < 4.78 is 0. The number of aromatic nitrogens is 2. The molecule has 128 valence electrons. The number of likely N-dealkylation sites (N-methyl/N-ethyl adjacent to an activating group) is 1. The van der Waals surface area contributed by atoms with Crippen LogP contribution in [0.25, 0.3) is 6.08 Å². The van der Waals surface area contributed by atoms with Gasteiger partial charge >= 0.3 is 6.03 Å². The zero-order valence-corrected chi connectivity index (χ0v) is 14.3. The lowest BCUT2D eigenvalue weighted by atomic mass is 9.87. The molecule has 1 aromatic heterocycles. The van der Waals surface area contributed by atoms with E-state index >= 15 is 0 Å². The van der Waals surface area contributed by atoms with Crippen LogP contribution in [0.5, 0.6) is 0 Å².